The number of carbonyl (C=O) groups is 3. The first-order valence-corrected chi connectivity index (χ1v) is 11.2. The monoisotopic (exact) mass is 447 g/mol. The molecule has 0 bridgehead atoms. The Kier molecular flexibility index (Phi) is 6.06. The molecule has 7 nitrogen and oxygen atoms in total. The molecular weight excluding hydrogens is 418 g/mol. The number of nitrogens with one attached hydrogen (secondary N) is 1. The quantitative estimate of drug-likeness (QED) is 0.614. The number of aryl methyl sites for hydroxylation is 2. The van der Waals surface area contributed by atoms with E-state index in [1.807, 2.05) is 24.3 Å². The molecule has 0 saturated heterocycles. The number of benzene rings is 1. The Labute approximate surface area is 193 Å². The van der Waals surface area contributed by atoms with Gasteiger partial charge in [-0.1, -0.05) is 39.0 Å². The van der Waals surface area contributed by atoms with Gasteiger partial charge >= 0.3 is 5.97 Å². The Balaban J connectivity index is 1.57. The molecule has 7 heteroatoms. The molecule has 1 aliphatic rings. The molecule has 1 aromatic carbocycles. The van der Waals surface area contributed by atoms with Gasteiger partial charge in [-0.15, -0.1) is 0 Å². The van der Waals surface area contributed by atoms with Gasteiger partial charge in [0.05, 0.1) is 11.1 Å². The summed E-state index contributed by atoms with van der Waals surface area (Å²) in [5.74, 6) is -1.37. The van der Waals surface area contributed by atoms with Crippen molar-refractivity contribution < 1.29 is 19.1 Å². The van der Waals surface area contributed by atoms with Crippen LogP contribution in [0, 0.1) is 11.3 Å². The summed E-state index contributed by atoms with van der Waals surface area (Å²) in [6.07, 6.45) is 4.26. The summed E-state index contributed by atoms with van der Waals surface area (Å²) in [7, 11) is 1.71. The zero-order valence-electron chi connectivity index (χ0n) is 19.5. The number of amides is 2. The van der Waals surface area contributed by atoms with E-state index in [2.05, 4.69) is 26.1 Å². The largest absolute Gasteiger partial charge is 0.452 e. The second kappa shape index (κ2) is 8.81. The minimum absolute atomic E-state index is 0.0989. The van der Waals surface area contributed by atoms with Crippen molar-refractivity contribution in [2.24, 2.45) is 18.4 Å². The molecule has 1 atom stereocenters. The third-order valence-electron chi connectivity index (χ3n) is 6.45. The highest BCUT2D eigenvalue weighted by Crippen LogP contribution is 2.39. The lowest BCUT2D eigenvalue weighted by Gasteiger charge is -2.35. The molecule has 33 heavy (non-hydrogen) atoms. The van der Waals surface area contributed by atoms with Gasteiger partial charge in [0.2, 0.25) is 0 Å². The number of fused-ring (bicyclic) bond motifs is 2. The molecular formula is C26H29N3O4. The summed E-state index contributed by atoms with van der Waals surface area (Å²) >= 11 is 0. The van der Waals surface area contributed by atoms with Gasteiger partial charge in [-0.3, -0.25) is 19.9 Å². The number of aromatic nitrogens is 2. The third-order valence-corrected chi connectivity index (χ3v) is 6.45. The normalized spacial score (nSPS) is 15.7. The average molecular weight is 448 g/mol. The maximum absolute atomic E-state index is 13.2. The van der Waals surface area contributed by atoms with Crippen LogP contribution in [0.3, 0.4) is 0 Å². The molecule has 1 N–H and O–H groups in total. The van der Waals surface area contributed by atoms with Gasteiger partial charge in [0.25, 0.3) is 11.8 Å². The zero-order valence-corrected chi connectivity index (χ0v) is 19.5. The first-order valence-electron chi connectivity index (χ1n) is 11.2. The second-order valence-electron chi connectivity index (χ2n) is 9.69. The van der Waals surface area contributed by atoms with E-state index in [9.17, 15) is 14.4 Å². The molecule has 0 saturated carbocycles. The van der Waals surface area contributed by atoms with Gasteiger partial charge in [0.15, 0.2) is 6.61 Å². The topological polar surface area (TPSA) is 90.3 Å². The third kappa shape index (κ3) is 4.67. The zero-order chi connectivity index (χ0) is 23.8. The van der Waals surface area contributed by atoms with E-state index in [0.29, 0.717) is 17.2 Å². The van der Waals surface area contributed by atoms with E-state index in [-0.39, 0.29) is 5.41 Å². The highest BCUT2D eigenvalue weighted by molar-refractivity contribution is 6.07. The average Bonchev–Trinajstić information content (AvgIpc) is 3.20. The van der Waals surface area contributed by atoms with E-state index in [1.54, 1.807) is 29.9 Å². The van der Waals surface area contributed by atoms with E-state index in [1.165, 1.54) is 0 Å². The van der Waals surface area contributed by atoms with Crippen molar-refractivity contribution in [3.05, 3.63) is 65.1 Å². The Morgan fingerprint density at radius 3 is 2.61 bits per heavy atom. The SMILES string of the molecule is Cn1cccc1C(=O)NC(=O)COC(=O)c1c2c(nc3ccccc13)CCC(C(C)(C)C)C2. The Morgan fingerprint density at radius 1 is 1.15 bits per heavy atom. The molecule has 4 rings (SSSR count). The number of nitrogens with zero attached hydrogens (tertiary/aromatic N) is 2. The molecule has 172 valence electrons. The molecule has 2 heterocycles. The molecule has 0 spiro atoms. The van der Waals surface area contributed by atoms with Crippen LogP contribution in [0.25, 0.3) is 10.9 Å². The first kappa shape index (κ1) is 22.7. The molecule has 1 unspecified atom stereocenters. The minimum atomic E-state index is -0.672. The van der Waals surface area contributed by atoms with Crippen LogP contribution in [0.1, 0.15) is 59.3 Å². The van der Waals surface area contributed by atoms with E-state index in [0.717, 1.165) is 41.4 Å². The Morgan fingerprint density at radius 2 is 1.91 bits per heavy atom. The van der Waals surface area contributed by atoms with Gasteiger partial charge in [0, 0.05) is 24.3 Å². The number of carbonyl (C=O) groups excluding carboxylic acids is 3. The number of para-hydroxylation sites is 1. The van der Waals surface area contributed by atoms with Gasteiger partial charge in [0.1, 0.15) is 5.69 Å². The fraction of sp³-hybridized carbons (Fsp3) is 0.385. The predicted octanol–water partition coefficient (Wildman–Crippen LogP) is 3.84. The maximum Gasteiger partial charge on any atom is 0.339 e. The standard InChI is InChI=1S/C26H29N3O4/c1-26(2,3)16-11-12-20-18(14-16)23(17-8-5-6-9-19(17)27-20)25(32)33-15-22(30)28-24(31)21-10-7-13-29(21)4/h5-10,13,16H,11-12,14-15H2,1-4H3,(H,28,30,31). The van der Waals surface area contributed by atoms with Gasteiger partial charge < -0.3 is 9.30 Å². The first-order chi connectivity index (χ1) is 15.6. The number of esters is 1. The summed E-state index contributed by atoms with van der Waals surface area (Å²) < 4.78 is 7.00. The molecule has 0 fully saturated rings. The summed E-state index contributed by atoms with van der Waals surface area (Å²) in [4.78, 5) is 42.6. The fourth-order valence-corrected chi connectivity index (χ4v) is 4.49. The molecule has 2 amide bonds. The van der Waals surface area contributed by atoms with Crippen molar-refractivity contribution in [1.82, 2.24) is 14.9 Å². The van der Waals surface area contributed by atoms with Gasteiger partial charge in [-0.25, -0.2) is 4.79 Å². The molecule has 3 aromatic rings. The van der Waals surface area contributed by atoms with Crippen molar-refractivity contribution in [3.8, 4) is 0 Å². The highest BCUT2D eigenvalue weighted by atomic mass is 16.5. The lowest BCUT2D eigenvalue weighted by atomic mass is 9.70. The predicted molar refractivity (Wildman–Crippen MR) is 125 cm³/mol. The number of rotatable bonds is 4. The van der Waals surface area contributed by atoms with Crippen LogP contribution in [-0.4, -0.2) is 33.9 Å². The van der Waals surface area contributed by atoms with Crippen LogP contribution in [0.5, 0.6) is 0 Å². The van der Waals surface area contributed by atoms with E-state index in [4.69, 9.17) is 9.72 Å². The number of imide groups is 1. The van der Waals surface area contributed by atoms with Crippen LogP contribution in [0.15, 0.2) is 42.6 Å². The number of ether oxygens (including phenoxy) is 1. The smallest absolute Gasteiger partial charge is 0.339 e. The summed E-state index contributed by atoms with van der Waals surface area (Å²) in [5, 5.41) is 2.99. The van der Waals surface area contributed by atoms with Crippen LogP contribution in [0.2, 0.25) is 0 Å². The number of hydrogen-bond acceptors (Lipinski definition) is 5. The van der Waals surface area contributed by atoms with Crippen LogP contribution < -0.4 is 5.32 Å². The van der Waals surface area contributed by atoms with Crippen LogP contribution in [0.4, 0.5) is 0 Å². The van der Waals surface area contributed by atoms with Crippen molar-refractivity contribution in [2.75, 3.05) is 6.61 Å². The number of pyridine rings is 1. The summed E-state index contributed by atoms with van der Waals surface area (Å²) in [6, 6.07) is 10.8. The second-order valence-corrected chi connectivity index (χ2v) is 9.69. The van der Waals surface area contributed by atoms with Crippen molar-refractivity contribution in [1.29, 1.82) is 0 Å². The van der Waals surface area contributed by atoms with Gasteiger partial charge in [-0.05, 0) is 54.4 Å². The minimum Gasteiger partial charge on any atom is -0.452 e. The molecule has 0 aliphatic heterocycles. The molecule has 1 aliphatic carbocycles. The van der Waals surface area contributed by atoms with Gasteiger partial charge in [-0.2, -0.15) is 0 Å². The van der Waals surface area contributed by atoms with E-state index >= 15 is 0 Å². The van der Waals surface area contributed by atoms with Crippen molar-refractivity contribution in [2.45, 2.75) is 40.0 Å². The summed E-state index contributed by atoms with van der Waals surface area (Å²) in [5.41, 5.74) is 3.49. The Bertz CT molecular complexity index is 1240. The lowest BCUT2D eigenvalue weighted by Crippen LogP contribution is -2.35. The fourth-order valence-electron chi connectivity index (χ4n) is 4.49. The van der Waals surface area contributed by atoms with Crippen molar-refractivity contribution in [3.63, 3.8) is 0 Å². The molecule has 2 aromatic heterocycles. The van der Waals surface area contributed by atoms with Crippen molar-refractivity contribution >= 4 is 28.7 Å². The lowest BCUT2D eigenvalue weighted by molar-refractivity contribution is -0.123. The van der Waals surface area contributed by atoms with E-state index < -0.39 is 24.4 Å². The molecule has 0 radical (unpaired) electrons. The van der Waals surface area contributed by atoms with Crippen LogP contribution in [-0.2, 0) is 29.4 Å². The number of hydrogen-bond donors (Lipinski definition) is 1. The maximum atomic E-state index is 13.2. The van der Waals surface area contributed by atoms with Crippen LogP contribution >= 0.6 is 0 Å². The highest BCUT2D eigenvalue weighted by Gasteiger charge is 2.33. The summed E-state index contributed by atoms with van der Waals surface area (Å²) in [6.45, 7) is 6.10. The Hall–Kier alpha value is -3.48.